The number of benzene rings is 2. The Bertz CT molecular complexity index is 745. The van der Waals surface area contributed by atoms with E-state index in [9.17, 15) is 4.79 Å². The van der Waals surface area contributed by atoms with Crippen molar-refractivity contribution < 1.29 is 4.79 Å². The van der Waals surface area contributed by atoms with E-state index in [0.29, 0.717) is 12.3 Å². The van der Waals surface area contributed by atoms with Crippen molar-refractivity contribution in [2.24, 2.45) is 5.92 Å². The van der Waals surface area contributed by atoms with E-state index < -0.39 is 0 Å². The Labute approximate surface area is 174 Å². The molecule has 0 aliphatic carbocycles. The Morgan fingerprint density at radius 2 is 1.68 bits per heavy atom. The lowest BCUT2D eigenvalue weighted by Gasteiger charge is -2.31. The van der Waals surface area contributed by atoms with E-state index >= 15 is 0 Å². The molecule has 1 fully saturated rings. The maximum Gasteiger partial charge on any atom is 0.224 e. The highest BCUT2D eigenvalue weighted by Gasteiger charge is 2.28. The summed E-state index contributed by atoms with van der Waals surface area (Å²) in [5.74, 6) is 1.79. The molecular formula is C24H32N2OS. The van der Waals surface area contributed by atoms with Gasteiger partial charge in [0.05, 0.1) is 6.04 Å². The van der Waals surface area contributed by atoms with Gasteiger partial charge in [-0.05, 0) is 30.5 Å². The first-order valence-electron chi connectivity index (χ1n) is 10.3. The van der Waals surface area contributed by atoms with Crippen molar-refractivity contribution in [3.63, 3.8) is 0 Å². The molecule has 3 rings (SSSR count). The largest absolute Gasteiger partial charge is 0.333 e. The Kier molecular flexibility index (Phi) is 7.57. The summed E-state index contributed by atoms with van der Waals surface area (Å²) in [6.45, 7) is 10.3. The van der Waals surface area contributed by atoms with Crippen LogP contribution in [0.25, 0.3) is 0 Å². The summed E-state index contributed by atoms with van der Waals surface area (Å²) in [6, 6.07) is 19.3. The van der Waals surface area contributed by atoms with Crippen LogP contribution in [-0.2, 0) is 4.79 Å². The molecular weight excluding hydrogens is 364 g/mol. The van der Waals surface area contributed by atoms with E-state index in [1.165, 1.54) is 16.0 Å². The molecule has 0 aromatic heterocycles. The van der Waals surface area contributed by atoms with Crippen molar-refractivity contribution in [3.8, 4) is 0 Å². The molecule has 1 saturated heterocycles. The number of nitrogens with zero attached hydrogens (tertiary/aromatic N) is 2. The fourth-order valence-electron chi connectivity index (χ4n) is 3.76. The fraction of sp³-hybridized carbons (Fsp3) is 0.458. The molecule has 1 aliphatic rings. The average Bonchev–Trinajstić information content (AvgIpc) is 2.86. The zero-order chi connectivity index (χ0) is 19.9. The molecule has 28 heavy (non-hydrogen) atoms. The standard InChI is InChI=1S/C24H32N2OS/c1-19(2)17-25-14-13-24(27)26(16-15-25)23(21-7-5-4-6-8-21)18-28-22-11-9-20(3)10-12-22/h4-12,19,23H,13-18H2,1-3H3/t23-/m0/s1. The number of aryl methyl sites for hydroxylation is 1. The number of rotatable bonds is 7. The minimum atomic E-state index is 0.110. The van der Waals surface area contributed by atoms with Crippen molar-refractivity contribution in [2.45, 2.75) is 38.1 Å². The molecule has 4 heteroatoms. The first-order valence-corrected chi connectivity index (χ1v) is 11.3. The zero-order valence-electron chi connectivity index (χ0n) is 17.3. The van der Waals surface area contributed by atoms with Crippen molar-refractivity contribution in [1.29, 1.82) is 0 Å². The predicted octanol–water partition coefficient (Wildman–Crippen LogP) is 5.02. The van der Waals surface area contributed by atoms with E-state index in [4.69, 9.17) is 0 Å². The van der Waals surface area contributed by atoms with Gasteiger partial charge in [-0.2, -0.15) is 0 Å². The van der Waals surface area contributed by atoms with Gasteiger partial charge in [0, 0.05) is 43.2 Å². The van der Waals surface area contributed by atoms with E-state index in [1.54, 1.807) is 0 Å². The van der Waals surface area contributed by atoms with Crippen molar-refractivity contribution in [2.75, 3.05) is 31.9 Å². The zero-order valence-corrected chi connectivity index (χ0v) is 18.1. The van der Waals surface area contributed by atoms with Gasteiger partial charge in [0.2, 0.25) is 5.91 Å². The second kappa shape index (κ2) is 10.1. The first-order chi connectivity index (χ1) is 13.5. The van der Waals surface area contributed by atoms with Gasteiger partial charge in [0.15, 0.2) is 0 Å². The van der Waals surface area contributed by atoms with Crippen molar-refractivity contribution in [3.05, 3.63) is 65.7 Å². The summed E-state index contributed by atoms with van der Waals surface area (Å²) < 4.78 is 0. The van der Waals surface area contributed by atoms with E-state index in [-0.39, 0.29) is 11.9 Å². The van der Waals surface area contributed by atoms with Gasteiger partial charge in [0.25, 0.3) is 0 Å². The summed E-state index contributed by atoms with van der Waals surface area (Å²) >= 11 is 1.84. The van der Waals surface area contributed by atoms with Gasteiger partial charge in [-0.15, -0.1) is 11.8 Å². The molecule has 0 unspecified atom stereocenters. The van der Waals surface area contributed by atoms with Gasteiger partial charge >= 0.3 is 0 Å². The van der Waals surface area contributed by atoms with E-state index in [2.05, 4.69) is 79.1 Å². The Balaban J connectivity index is 1.76. The lowest BCUT2D eigenvalue weighted by molar-refractivity contribution is -0.132. The molecule has 2 aromatic rings. The average molecular weight is 397 g/mol. The van der Waals surface area contributed by atoms with Crippen LogP contribution >= 0.6 is 11.8 Å². The molecule has 0 N–H and O–H groups in total. The summed E-state index contributed by atoms with van der Waals surface area (Å²) in [5.41, 5.74) is 2.50. The Morgan fingerprint density at radius 1 is 0.964 bits per heavy atom. The fourth-order valence-corrected chi connectivity index (χ4v) is 4.81. The van der Waals surface area contributed by atoms with Crippen LogP contribution in [0.1, 0.15) is 37.4 Å². The number of hydrogen-bond donors (Lipinski definition) is 0. The van der Waals surface area contributed by atoms with E-state index in [1.807, 2.05) is 17.8 Å². The lowest BCUT2D eigenvalue weighted by Crippen LogP contribution is -2.38. The third-order valence-corrected chi connectivity index (χ3v) is 6.32. The van der Waals surface area contributed by atoms with Crippen molar-refractivity contribution in [1.82, 2.24) is 9.80 Å². The number of carbonyl (C=O) groups is 1. The summed E-state index contributed by atoms with van der Waals surface area (Å²) in [6.07, 6.45) is 0.616. The summed E-state index contributed by atoms with van der Waals surface area (Å²) in [4.78, 5) is 18.8. The van der Waals surface area contributed by atoms with Crippen LogP contribution in [0, 0.1) is 12.8 Å². The van der Waals surface area contributed by atoms with Gasteiger partial charge in [-0.25, -0.2) is 0 Å². The molecule has 0 saturated carbocycles. The Morgan fingerprint density at radius 3 is 2.36 bits per heavy atom. The van der Waals surface area contributed by atoms with Crippen LogP contribution in [-0.4, -0.2) is 47.6 Å². The van der Waals surface area contributed by atoms with Gasteiger partial charge in [-0.1, -0.05) is 61.9 Å². The monoisotopic (exact) mass is 396 g/mol. The molecule has 2 aromatic carbocycles. The third-order valence-electron chi connectivity index (χ3n) is 5.23. The number of thioether (sulfide) groups is 1. The highest BCUT2D eigenvalue weighted by atomic mass is 32.2. The SMILES string of the molecule is Cc1ccc(SC[C@@H](c2ccccc2)N2CCN(CC(C)C)CCC2=O)cc1. The molecule has 1 atom stereocenters. The molecule has 0 radical (unpaired) electrons. The summed E-state index contributed by atoms with van der Waals surface area (Å²) in [7, 11) is 0. The number of carbonyl (C=O) groups excluding carboxylic acids is 1. The van der Waals surface area contributed by atoms with Gasteiger partial charge in [0.1, 0.15) is 0 Å². The molecule has 0 spiro atoms. The normalized spacial score (nSPS) is 17.0. The maximum atomic E-state index is 13.0. The topological polar surface area (TPSA) is 23.6 Å². The number of hydrogen-bond acceptors (Lipinski definition) is 3. The van der Waals surface area contributed by atoms with Gasteiger partial charge < -0.3 is 9.80 Å². The lowest BCUT2D eigenvalue weighted by atomic mass is 10.1. The molecule has 150 valence electrons. The highest BCUT2D eigenvalue weighted by Crippen LogP contribution is 2.30. The van der Waals surface area contributed by atoms with Crippen LogP contribution in [0.3, 0.4) is 0 Å². The van der Waals surface area contributed by atoms with E-state index in [0.717, 1.165) is 31.9 Å². The van der Waals surface area contributed by atoms with Crippen LogP contribution in [0.15, 0.2) is 59.5 Å². The third kappa shape index (κ3) is 5.86. The molecule has 1 amide bonds. The first kappa shape index (κ1) is 20.9. The smallest absolute Gasteiger partial charge is 0.224 e. The second-order valence-corrected chi connectivity index (χ2v) is 9.18. The maximum absolute atomic E-state index is 13.0. The predicted molar refractivity (Wildman–Crippen MR) is 119 cm³/mol. The van der Waals surface area contributed by atoms with Crippen molar-refractivity contribution >= 4 is 17.7 Å². The van der Waals surface area contributed by atoms with Crippen LogP contribution < -0.4 is 0 Å². The second-order valence-electron chi connectivity index (χ2n) is 8.08. The highest BCUT2D eigenvalue weighted by molar-refractivity contribution is 7.99. The van der Waals surface area contributed by atoms with Crippen LogP contribution in [0.4, 0.5) is 0 Å². The number of amides is 1. The Hall–Kier alpha value is -1.78. The van der Waals surface area contributed by atoms with Crippen LogP contribution in [0.2, 0.25) is 0 Å². The molecule has 0 bridgehead atoms. The minimum absolute atomic E-state index is 0.110. The quantitative estimate of drug-likeness (QED) is 0.614. The van der Waals surface area contributed by atoms with Gasteiger partial charge in [-0.3, -0.25) is 4.79 Å². The molecule has 1 aliphatic heterocycles. The molecule has 3 nitrogen and oxygen atoms in total. The minimum Gasteiger partial charge on any atom is -0.333 e. The van der Waals surface area contributed by atoms with Crippen LogP contribution in [0.5, 0.6) is 0 Å². The molecule has 1 heterocycles. The summed E-state index contributed by atoms with van der Waals surface area (Å²) in [5, 5.41) is 0.